The lowest BCUT2D eigenvalue weighted by molar-refractivity contribution is -0.0535. The molecule has 0 spiro atoms. The zero-order valence-electron chi connectivity index (χ0n) is 12.1. The lowest BCUT2D eigenvalue weighted by Crippen LogP contribution is -2.50. The molecule has 2 atom stereocenters. The van der Waals surface area contributed by atoms with Gasteiger partial charge in [0.05, 0.1) is 5.60 Å². The smallest absolute Gasteiger partial charge is 0.126 e. The highest BCUT2D eigenvalue weighted by molar-refractivity contribution is 9.10. The fourth-order valence-corrected chi connectivity index (χ4v) is 2.73. The van der Waals surface area contributed by atoms with E-state index in [1.807, 2.05) is 20.0 Å². The van der Waals surface area contributed by atoms with Crippen LogP contribution < -0.4 is 5.32 Å². The highest BCUT2D eigenvalue weighted by atomic mass is 79.9. The van der Waals surface area contributed by atoms with E-state index in [1.165, 1.54) is 6.07 Å². The maximum Gasteiger partial charge on any atom is 0.126 e. The van der Waals surface area contributed by atoms with Crippen molar-refractivity contribution < 1.29 is 9.13 Å². The van der Waals surface area contributed by atoms with Crippen LogP contribution in [0.1, 0.15) is 32.8 Å². The van der Waals surface area contributed by atoms with Crippen LogP contribution in [0.2, 0.25) is 0 Å². The summed E-state index contributed by atoms with van der Waals surface area (Å²) in [6, 6.07) is 5.12. The molecule has 1 aromatic rings. The third-order valence-corrected chi connectivity index (χ3v) is 4.19. The summed E-state index contributed by atoms with van der Waals surface area (Å²) in [7, 11) is 1.90. The molecule has 108 valence electrons. The van der Waals surface area contributed by atoms with Crippen molar-refractivity contribution in [1.82, 2.24) is 5.32 Å². The second-order valence-corrected chi connectivity index (χ2v) is 5.80. The molecule has 0 bridgehead atoms. The molecule has 0 radical (unpaired) electrons. The molecular formula is C15H23BrFNO. The summed E-state index contributed by atoms with van der Waals surface area (Å²) in [5.41, 5.74) is 0.409. The van der Waals surface area contributed by atoms with Crippen molar-refractivity contribution in [2.24, 2.45) is 0 Å². The van der Waals surface area contributed by atoms with Gasteiger partial charge in [-0.15, -0.1) is 0 Å². The molecule has 2 unspecified atom stereocenters. The van der Waals surface area contributed by atoms with Gasteiger partial charge in [0.25, 0.3) is 0 Å². The molecule has 1 aromatic carbocycles. The largest absolute Gasteiger partial charge is 0.374 e. The lowest BCUT2D eigenvalue weighted by Gasteiger charge is -2.37. The molecule has 0 aliphatic carbocycles. The Morgan fingerprint density at radius 1 is 1.42 bits per heavy atom. The van der Waals surface area contributed by atoms with E-state index < -0.39 is 0 Å². The molecule has 0 heterocycles. The van der Waals surface area contributed by atoms with Crippen LogP contribution in [-0.4, -0.2) is 25.3 Å². The maximum absolute atomic E-state index is 13.9. The first-order chi connectivity index (χ1) is 8.96. The van der Waals surface area contributed by atoms with Gasteiger partial charge in [0.2, 0.25) is 0 Å². The van der Waals surface area contributed by atoms with E-state index >= 15 is 0 Å². The first-order valence-corrected chi connectivity index (χ1v) is 7.51. The van der Waals surface area contributed by atoms with Crippen LogP contribution in [0.4, 0.5) is 4.39 Å². The van der Waals surface area contributed by atoms with E-state index in [0.29, 0.717) is 18.6 Å². The number of likely N-dealkylation sites (N-methyl/N-ethyl adjacent to an activating group) is 1. The number of rotatable bonds is 7. The molecule has 0 aromatic heterocycles. The Hall–Kier alpha value is -0.450. The Balaban J connectivity index is 2.95. The molecule has 0 fully saturated rings. The predicted octanol–water partition coefficient (Wildman–Crippen LogP) is 3.92. The third-order valence-electron chi connectivity index (χ3n) is 3.69. The first kappa shape index (κ1) is 16.6. The lowest BCUT2D eigenvalue weighted by atomic mass is 9.88. The highest BCUT2D eigenvalue weighted by Gasteiger charge is 2.32. The van der Waals surface area contributed by atoms with Crippen LogP contribution in [0.15, 0.2) is 22.7 Å². The number of hydrogen-bond acceptors (Lipinski definition) is 2. The standard InChI is InChI=1S/C15H23BrFNO/c1-5-15(3,19-6-2)14(18-4)10-11-9-12(16)7-8-13(11)17/h7-9,14,18H,5-6,10H2,1-4H3. The Labute approximate surface area is 123 Å². The summed E-state index contributed by atoms with van der Waals surface area (Å²) in [4.78, 5) is 0. The van der Waals surface area contributed by atoms with E-state index in [9.17, 15) is 4.39 Å². The second kappa shape index (κ2) is 7.36. The van der Waals surface area contributed by atoms with Gasteiger partial charge in [-0.05, 0) is 57.5 Å². The Morgan fingerprint density at radius 3 is 2.63 bits per heavy atom. The van der Waals surface area contributed by atoms with Crippen molar-refractivity contribution >= 4 is 15.9 Å². The van der Waals surface area contributed by atoms with E-state index in [4.69, 9.17) is 4.74 Å². The molecule has 2 nitrogen and oxygen atoms in total. The molecule has 0 aliphatic rings. The van der Waals surface area contributed by atoms with Crippen LogP contribution in [0, 0.1) is 5.82 Å². The Morgan fingerprint density at radius 2 is 2.11 bits per heavy atom. The summed E-state index contributed by atoms with van der Waals surface area (Å²) in [6.07, 6.45) is 1.48. The van der Waals surface area contributed by atoms with Gasteiger partial charge in [-0.1, -0.05) is 22.9 Å². The predicted molar refractivity (Wildman–Crippen MR) is 81.0 cm³/mol. The first-order valence-electron chi connectivity index (χ1n) is 6.72. The second-order valence-electron chi connectivity index (χ2n) is 4.88. The van der Waals surface area contributed by atoms with E-state index in [0.717, 1.165) is 10.9 Å². The maximum atomic E-state index is 13.9. The minimum Gasteiger partial charge on any atom is -0.374 e. The molecule has 19 heavy (non-hydrogen) atoms. The van der Waals surface area contributed by atoms with Crippen LogP contribution in [0.5, 0.6) is 0 Å². The van der Waals surface area contributed by atoms with E-state index in [2.05, 4.69) is 35.1 Å². The van der Waals surface area contributed by atoms with Crippen molar-refractivity contribution in [2.45, 2.75) is 45.3 Å². The topological polar surface area (TPSA) is 21.3 Å². The minimum absolute atomic E-state index is 0.0706. The summed E-state index contributed by atoms with van der Waals surface area (Å²) < 4.78 is 20.6. The Kier molecular flexibility index (Phi) is 6.43. The van der Waals surface area contributed by atoms with Gasteiger partial charge in [0.1, 0.15) is 5.82 Å². The number of benzene rings is 1. The van der Waals surface area contributed by atoms with Crippen LogP contribution >= 0.6 is 15.9 Å². The minimum atomic E-state index is -0.293. The summed E-state index contributed by atoms with van der Waals surface area (Å²) in [5, 5.41) is 3.27. The van der Waals surface area contributed by atoms with Crippen LogP contribution in [-0.2, 0) is 11.2 Å². The number of hydrogen-bond donors (Lipinski definition) is 1. The van der Waals surface area contributed by atoms with Gasteiger partial charge in [-0.25, -0.2) is 4.39 Å². The van der Waals surface area contributed by atoms with Gasteiger partial charge in [-0.3, -0.25) is 0 Å². The fourth-order valence-electron chi connectivity index (χ4n) is 2.32. The quantitative estimate of drug-likeness (QED) is 0.817. The van der Waals surface area contributed by atoms with Crippen molar-refractivity contribution in [3.63, 3.8) is 0 Å². The van der Waals surface area contributed by atoms with Gasteiger partial charge in [-0.2, -0.15) is 0 Å². The number of ether oxygens (including phenoxy) is 1. The van der Waals surface area contributed by atoms with Gasteiger partial charge >= 0.3 is 0 Å². The molecule has 0 aliphatic heterocycles. The van der Waals surface area contributed by atoms with Crippen molar-refractivity contribution in [3.8, 4) is 0 Å². The van der Waals surface area contributed by atoms with Crippen molar-refractivity contribution in [2.75, 3.05) is 13.7 Å². The fraction of sp³-hybridized carbons (Fsp3) is 0.600. The highest BCUT2D eigenvalue weighted by Crippen LogP contribution is 2.25. The number of nitrogens with one attached hydrogen (secondary N) is 1. The molecule has 0 amide bonds. The zero-order valence-corrected chi connectivity index (χ0v) is 13.7. The third kappa shape index (κ3) is 4.26. The molecule has 0 saturated heterocycles. The molecule has 1 N–H and O–H groups in total. The SMILES string of the molecule is CCOC(C)(CC)C(Cc1cc(Br)ccc1F)NC. The van der Waals surface area contributed by atoms with Crippen LogP contribution in [0.3, 0.4) is 0 Å². The molecular weight excluding hydrogens is 309 g/mol. The Bertz CT molecular complexity index is 413. The summed E-state index contributed by atoms with van der Waals surface area (Å²) in [6.45, 7) is 6.81. The van der Waals surface area contributed by atoms with Crippen molar-refractivity contribution in [1.29, 1.82) is 0 Å². The summed E-state index contributed by atoms with van der Waals surface area (Å²) in [5.74, 6) is -0.168. The zero-order chi connectivity index (χ0) is 14.5. The molecule has 4 heteroatoms. The summed E-state index contributed by atoms with van der Waals surface area (Å²) >= 11 is 3.39. The molecule has 1 rings (SSSR count). The average Bonchev–Trinajstić information content (AvgIpc) is 2.39. The van der Waals surface area contributed by atoms with E-state index in [-0.39, 0.29) is 17.5 Å². The average molecular weight is 332 g/mol. The normalized spacial score (nSPS) is 16.1. The molecule has 0 saturated carbocycles. The van der Waals surface area contributed by atoms with E-state index in [1.54, 1.807) is 6.07 Å². The van der Waals surface area contributed by atoms with Crippen LogP contribution in [0.25, 0.3) is 0 Å². The monoisotopic (exact) mass is 331 g/mol. The number of halogens is 2. The van der Waals surface area contributed by atoms with Gasteiger partial charge in [0.15, 0.2) is 0 Å². The van der Waals surface area contributed by atoms with Crippen molar-refractivity contribution in [3.05, 3.63) is 34.1 Å². The van der Waals surface area contributed by atoms with Gasteiger partial charge < -0.3 is 10.1 Å². The van der Waals surface area contributed by atoms with Gasteiger partial charge in [0, 0.05) is 17.1 Å².